The highest BCUT2D eigenvalue weighted by Gasteiger charge is 2.28. The lowest BCUT2D eigenvalue weighted by Gasteiger charge is -2.27. The zero-order valence-corrected chi connectivity index (χ0v) is 15.9. The van der Waals surface area contributed by atoms with Gasteiger partial charge in [0, 0.05) is 24.3 Å². The number of fused-ring (bicyclic) bond motifs is 1. The van der Waals surface area contributed by atoms with E-state index in [0.29, 0.717) is 11.6 Å². The molecule has 142 valence electrons. The quantitative estimate of drug-likeness (QED) is 0.706. The minimum atomic E-state index is -0.271. The molecule has 2 N–H and O–H groups in total. The molecule has 0 spiro atoms. The molecule has 7 nitrogen and oxygen atoms in total. The number of hydrogen-bond donors (Lipinski definition) is 2. The van der Waals surface area contributed by atoms with Gasteiger partial charge in [-0.25, -0.2) is 9.78 Å². The molecule has 0 bridgehead atoms. The lowest BCUT2D eigenvalue weighted by Crippen LogP contribution is -2.42. The monoisotopic (exact) mass is 374 g/mol. The van der Waals surface area contributed by atoms with E-state index in [2.05, 4.69) is 39.9 Å². The van der Waals surface area contributed by atoms with E-state index >= 15 is 0 Å². The average molecular weight is 374 g/mol. The highest BCUT2D eigenvalue weighted by Crippen LogP contribution is 2.32. The predicted octanol–water partition coefficient (Wildman–Crippen LogP) is 4.09. The van der Waals surface area contributed by atoms with Crippen LogP contribution in [0, 0.1) is 6.92 Å². The summed E-state index contributed by atoms with van der Waals surface area (Å²) >= 11 is 0. The van der Waals surface area contributed by atoms with Crippen molar-refractivity contribution in [2.75, 3.05) is 22.1 Å². The molecule has 1 aromatic carbocycles. The van der Waals surface area contributed by atoms with Crippen LogP contribution in [-0.4, -0.2) is 33.8 Å². The standard InChI is InChI=1S/C21H22N6O/c1-14-5-3-6-16(13-14)17-8-9-18-20(24-17)27(15(2)10-12-22-18)21(28)25-19-7-4-11-23-26-19/h3-9,11,13,15,22H,10,12H2,1-2H3,(H,25,26,28)/t15-/m1/s1. The SMILES string of the molecule is Cc1cccc(-c2ccc3c(n2)N(C(=O)Nc2cccnn2)[C@H](C)CCN3)c1. The van der Waals surface area contributed by atoms with Crippen molar-refractivity contribution in [1.82, 2.24) is 15.2 Å². The zero-order chi connectivity index (χ0) is 19.5. The van der Waals surface area contributed by atoms with Crippen molar-refractivity contribution in [1.29, 1.82) is 0 Å². The van der Waals surface area contributed by atoms with Crippen LogP contribution in [-0.2, 0) is 0 Å². The van der Waals surface area contributed by atoms with E-state index in [0.717, 1.165) is 35.5 Å². The summed E-state index contributed by atoms with van der Waals surface area (Å²) in [6.07, 6.45) is 2.38. The number of amides is 2. The van der Waals surface area contributed by atoms with Crippen LogP contribution in [0.4, 0.5) is 22.1 Å². The average Bonchev–Trinajstić information content (AvgIpc) is 2.86. The first-order valence-electron chi connectivity index (χ1n) is 9.32. The molecule has 0 saturated heterocycles. The summed E-state index contributed by atoms with van der Waals surface area (Å²) in [4.78, 5) is 19.6. The fourth-order valence-corrected chi connectivity index (χ4v) is 3.32. The maximum atomic E-state index is 13.1. The summed E-state index contributed by atoms with van der Waals surface area (Å²) in [7, 11) is 0. The molecule has 0 saturated carbocycles. The van der Waals surface area contributed by atoms with Gasteiger partial charge in [-0.3, -0.25) is 10.2 Å². The van der Waals surface area contributed by atoms with Gasteiger partial charge in [0.25, 0.3) is 0 Å². The molecule has 4 rings (SSSR count). The van der Waals surface area contributed by atoms with E-state index in [4.69, 9.17) is 4.98 Å². The number of rotatable bonds is 2. The Morgan fingerprint density at radius 1 is 1.21 bits per heavy atom. The van der Waals surface area contributed by atoms with E-state index < -0.39 is 0 Å². The first kappa shape index (κ1) is 17.9. The Hall–Kier alpha value is -3.48. The van der Waals surface area contributed by atoms with Crippen LogP contribution in [0.15, 0.2) is 54.7 Å². The molecule has 1 aliphatic heterocycles. The van der Waals surface area contributed by atoms with Gasteiger partial charge >= 0.3 is 6.03 Å². The summed E-state index contributed by atoms with van der Waals surface area (Å²) < 4.78 is 0. The Labute approximate surface area is 163 Å². The van der Waals surface area contributed by atoms with Gasteiger partial charge in [-0.1, -0.05) is 23.8 Å². The van der Waals surface area contributed by atoms with Gasteiger partial charge in [0.1, 0.15) is 0 Å². The molecule has 3 aromatic rings. The molecule has 2 aromatic heterocycles. The molecule has 0 aliphatic carbocycles. The summed E-state index contributed by atoms with van der Waals surface area (Å²) in [5.41, 5.74) is 3.86. The van der Waals surface area contributed by atoms with Gasteiger partial charge in [0.2, 0.25) is 0 Å². The van der Waals surface area contributed by atoms with Crippen molar-refractivity contribution in [3.05, 3.63) is 60.3 Å². The molecule has 0 radical (unpaired) electrons. The number of carbonyl (C=O) groups excluding carboxylic acids is 1. The molecule has 0 unspecified atom stereocenters. The molecule has 1 aliphatic rings. The summed E-state index contributed by atoms with van der Waals surface area (Å²) in [5.74, 6) is 1.03. The number of pyridine rings is 1. The maximum Gasteiger partial charge on any atom is 0.329 e. The lowest BCUT2D eigenvalue weighted by molar-refractivity contribution is 0.255. The van der Waals surface area contributed by atoms with Crippen LogP contribution in [0.1, 0.15) is 18.9 Å². The second-order valence-corrected chi connectivity index (χ2v) is 6.91. The number of aryl methyl sites for hydroxylation is 1. The third kappa shape index (κ3) is 3.64. The Bertz CT molecular complexity index is 991. The number of carbonyl (C=O) groups is 1. The van der Waals surface area contributed by atoms with Crippen molar-refractivity contribution in [3.8, 4) is 11.3 Å². The van der Waals surface area contributed by atoms with Crippen molar-refractivity contribution >= 4 is 23.4 Å². The second kappa shape index (κ2) is 7.64. The van der Waals surface area contributed by atoms with Gasteiger partial charge in [-0.2, -0.15) is 5.10 Å². The number of urea groups is 1. The van der Waals surface area contributed by atoms with Crippen molar-refractivity contribution < 1.29 is 4.79 Å². The van der Waals surface area contributed by atoms with Crippen LogP contribution in [0.5, 0.6) is 0 Å². The number of nitrogens with zero attached hydrogens (tertiary/aromatic N) is 4. The van der Waals surface area contributed by atoms with E-state index in [-0.39, 0.29) is 12.1 Å². The Morgan fingerprint density at radius 3 is 2.89 bits per heavy atom. The van der Waals surface area contributed by atoms with E-state index in [1.54, 1.807) is 23.2 Å². The summed E-state index contributed by atoms with van der Waals surface area (Å²) in [5, 5.41) is 14.0. The number of hydrogen-bond acceptors (Lipinski definition) is 5. The summed E-state index contributed by atoms with van der Waals surface area (Å²) in [6, 6.07) is 15.3. The second-order valence-electron chi connectivity index (χ2n) is 6.91. The third-order valence-electron chi connectivity index (χ3n) is 4.76. The number of anilines is 3. The van der Waals surface area contributed by atoms with Crippen LogP contribution in [0.25, 0.3) is 11.3 Å². The number of nitrogens with one attached hydrogen (secondary N) is 2. The van der Waals surface area contributed by atoms with Gasteiger partial charge in [-0.15, -0.1) is 5.10 Å². The largest absolute Gasteiger partial charge is 0.382 e. The Balaban J connectivity index is 1.73. The van der Waals surface area contributed by atoms with Crippen molar-refractivity contribution in [2.24, 2.45) is 0 Å². The highest BCUT2D eigenvalue weighted by atomic mass is 16.2. The number of benzene rings is 1. The van der Waals surface area contributed by atoms with E-state index in [9.17, 15) is 4.79 Å². The summed E-state index contributed by atoms with van der Waals surface area (Å²) in [6.45, 7) is 4.85. The molecule has 1 atom stereocenters. The normalized spacial score (nSPS) is 15.9. The van der Waals surface area contributed by atoms with Gasteiger partial charge < -0.3 is 5.32 Å². The molecule has 0 fully saturated rings. The van der Waals surface area contributed by atoms with Gasteiger partial charge in [0.05, 0.1) is 11.4 Å². The topological polar surface area (TPSA) is 83.0 Å². The fourth-order valence-electron chi connectivity index (χ4n) is 3.32. The van der Waals surface area contributed by atoms with Crippen molar-refractivity contribution in [3.63, 3.8) is 0 Å². The molecule has 3 heterocycles. The van der Waals surface area contributed by atoms with Crippen LogP contribution < -0.4 is 15.5 Å². The van der Waals surface area contributed by atoms with Gasteiger partial charge in [0.15, 0.2) is 11.6 Å². The molecule has 2 amide bonds. The molecule has 7 heteroatoms. The number of aromatic nitrogens is 3. The Morgan fingerprint density at radius 2 is 2.11 bits per heavy atom. The van der Waals surface area contributed by atoms with Crippen LogP contribution in [0.2, 0.25) is 0 Å². The predicted molar refractivity (Wildman–Crippen MR) is 111 cm³/mol. The minimum Gasteiger partial charge on any atom is -0.382 e. The van der Waals surface area contributed by atoms with Crippen LogP contribution >= 0.6 is 0 Å². The highest BCUT2D eigenvalue weighted by molar-refractivity contribution is 6.03. The fraction of sp³-hybridized carbons (Fsp3) is 0.238. The zero-order valence-electron chi connectivity index (χ0n) is 15.9. The molecule has 28 heavy (non-hydrogen) atoms. The third-order valence-corrected chi connectivity index (χ3v) is 4.76. The van der Waals surface area contributed by atoms with Crippen molar-refractivity contribution in [2.45, 2.75) is 26.3 Å². The molecular weight excluding hydrogens is 352 g/mol. The lowest BCUT2D eigenvalue weighted by atomic mass is 10.1. The van der Waals surface area contributed by atoms with E-state index in [1.807, 2.05) is 31.2 Å². The van der Waals surface area contributed by atoms with Crippen LogP contribution in [0.3, 0.4) is 0 Å². The molecular formula is C21H22N6O. The first-order chi connectivity index (χ1) is 13.6. The Kier molecular flexibility index (Phi) is 4.89. The van der Waals surface area contributed by atoms with Gasteiger partial charge in [-0.05, 0) is 50.6 Å². The first-order valence-corrected chi connectivity index (χ1v) is 9.32. The van der Waals surface area contributed by atoms with E-state index in [1.165, 1.54) is 0 Å². The smallest absolute Gasteiger partial charge is 0.329 e. The maximum absolute atomic E-state index is 13.1. The minimum absolute atomic E-state index is 0.0225.